The fourth-order valence-corrected chi connectivity index (χ4v) is 10.5. The van der Waals surface area contributed by atoms with Crippen LogP contribution < -0.4 is 4.90 Å². The molecule has 11 aromatic rings. The molecule has 2 heterocycles. The minimum Gasteiger partial charge on any atom is -0.310 e. The van der Waals surface area contributed by atoms with Gasteiger partial charge in [0, 0.05) is 57.4 Å². The summed E-state index contributed by atoms with van der Waals surface area (Å²) in [4.78, 5) is 2.37. The van der Waals surface area contributed by atoms with Crippen molar-refractivity contribution in [2.75, 3.05) is 4.90 Å². The summed E-state index contributed by atoms with van der Waals surface area (Å²) in [6.07, 6.45) is 0. The van der Waals surface area contributed by atoms with Crippen LogP contribution in [0.1, 0.15) is 0 Å². The third kappa shape index (κ3) is 5.60. The molecule has 1 nitrogen and oxygen atoms in total. The fraction of sp³-hybridized carbons (Fsp3) is 0. The van der Waals surface area contributed by atoms with Gasteiger partial charge in [0.25, 0.3) is 0 Å². The highest BCUT2D eigenvalue weighted by Gasteiger charge is 2.16. The lowest BCUT2D eigenvalue weighted by atomic mass is 10.0. The molecule has 2 aromatic heterocycles. The molecule has 0 fully saturated rings. The van der Waals surface area contributed by atoms with Gasteiger partial charge in [0.15, 0.2) is 0 Å². The SMILES string of the molecule is c1ccc(-c2cccc(N(c3ccc(-c4ccc5c(c4)sc4cc6ccccc6cc45)cc3)c3ccc(-c4cccc5c4sc4ccccc45)cc3)c2)cc1. The van der Waals surface area contributed by atoms with Crippen molar-refractivity contribution in [3.05, 3.63) is 200 Å². The summed E-state index contributed by atoms with van der Waals surface area (Å²) in [5, 5.41) is 7.88. The first-order chi connectivity index (χ1) is 27.2. The Bertz CT molecular complexity index is 3190. The van der Waals surface area contributed by atoms with Gasteiger partial charge < -0.3 is 4.90 Å². The molecular weight excluding hydrogens is 703 g/mol. The van der Waals surface area contributed by atoms with Crippen molar-refractivity contribution in [2.24, 2.45) is 0 Å². The summed E-state index contributed by atoms with van der Waals surface area (Å²) in [5.41, 5.74) is 10.7. The monoisotopic (exact) mass is 735 g/mol. The maximum atomic E-state index is 2.37. The second-order valence-corrected chi connectivity index (χ2v) is 16.3. The third-order valence-corrected chi connectivity index (χ3v) is 13.2. The number of rotatable bonds is 6. The lowest BCUT2D eigenvalue weighted by molar-refractivity contribution is 1.28. The Hall–Kier alpha value is -6.52. The van der Waals surface area contributed by atoms with Gasteiger partial charge in [-0.2, -0.15) is 0 Å². The van der Waals surface area contributed by atoms with Crippen molar-refractivity contribution in [3.8, 4) is 33.4 Å². The molecule has 0 bridgehead atoms. The summed E-state index contributed by atoms with van der Waals surface area (Å²) in [6.45, 7) is 0. The Balaban J connectivity index is 0.984. The Morgan fingerprint density at radius 2 is 0.873 bits per heavy atom. The van der Waals surface area contributed by atoms with E-state index in [-0.39, 0.29) is 0 Å². The molecule has 11 rings (SSSR count). The minimum atomic E-state index is 1.11. The molecule has 0 spiro atoms. The van der Waals surface area contributed by atoms with Crippen molar-refractivity contribution in [1.82, 2.24) is 0 Å². The zero-order chi connectivity index (χ0) is 36.3. The highest BCUT2D eigenvalue weighted by atomic mass is 32.1. The van der Waals surface area contributed by atoms with Gasteiger partial charge in [-0.1, -0.05) is 140 Å². The quantitative estimate of drug-likeness (QED) is 0.164. The molecule has 0 saturated carbocycles. The van der Waals surface area contributed by atoms with E-state index in [9.17, 15) is 0 Å². The van der Waals surface area contributed by atoms with Crippen LogP contribution in [-0.2, 0) is 0 Å². The van der Waals surface area contributed by atoms with Gasteiger partial charge in [0.1, 0.15) is 0 Å². The second kappa shape index (κ2) is 13.1. The minimum absolute atomic E-state index is 1.11. The molecule has 0 saturated heterocycles. The lowest BCUT2D eigenvalue weighted by Gasteiger charge is -2.26. The van der Waals surface area contributed by atoms with E-state index < -0.39 is 0 Å². The summed E-state index contributed by atoms with van der Waals surface area (Å²) >= 11 is 3.76. The molecule has 0 aliphatic rings. The van der Waals surface area contributed by atoms with Crippen LogP contribution in [0.2, 0.25) is 0 Å². The van der Waals surface area contributed by atoms with Crippen LogP contribution in [0, 0.1) is 0 Å². The highest BCUT2D eigenvalue weighted by molar-refractivity contribution is 7.26. The van der Waals surface area contributed by atoms with Crippen LogP contribution in [0.15, 0.2) is 200 Å². The van der Waals surface area contributed by atoms with E-state index in [1.54, 1.807) is 0 Å². The van der Waals surface area contributed by atoms with Crippen molar-refractivity contribution in [1.29, 1.82) is 0 Å². The van der Waals surface area contributed by atoms with Gasteiger partial charge in [-0.15, -0.1) is 22.7 Å². The third-order valence-electron chi connectivity index (χ3n) is 10.9. The molecule has 258 valence electrons. The van der Waals surface area contributed by atoms with E-state index in [0.29, 0.717) is 0 Å². The van der Waals surface area contributed by atoms with Crippen molar-refractivity contribution in [2.45, 2.75) is 0 Å². The van der Waals surface area contributed by atoms with E-state index in [1.165, 1.54) is 84.5 Å². The molecule has 0 aliphatic heterocycles. The van der Waals surface area contributed by atoms with Crippen LogP contribution in [0.25, 0.3) is 84.5 Å². The van der Waals surface area contributed by atoms with Crippen LogP contribution >= 0.6 is 22.7 Å². The molecule has 0 unspecified atom stereocenters. The lowest BCUT2D eigenvalue weighted by Crippen LogP contribution is -2.10. The number of fused-ring (bicyclic) bond motifs is 7. The number of anilines is 3. The van der Waals surface area contributed by atoms with E-state index >= 15 is 0 Å². The first-order valence-electron chi connectivity index (χ1n) is 18.7. The molecule has 0 amide bonds. The molecule has 0 aliphatic carbocycles. The van der Waals surface area contributed by atoms with E-state index in [2.05, 4.69) is 205 Å². The number of benzene rings is 9. The van der Waals surface area contributed by atoms with Crippen molar-refractivity contribution < 1.29 is 0 Å². The highest BCUT2D eigenvalue weighted by Crippen LogP contribution is 2.43. The van der Waals surface area contributed by atoms with E-state index in [1.807, 2.05) is 22.7 Å². The molecule has 0 N–H and O–H groups in total. The summed E-state index contributed by atoms with van der Waals surface area (Å²) < 4.78 is 5.31. The zero-order valence-corrected chi connectivity index (χ0v) is 31.4. The standard InChI is InChI=1S/C52H33NS2/c1-2-10-34(11-3-1)37-14-8-15-43(30-37)53(42-27-22-36(23-28-42)44-17-9-18-47-45-16-6-7-19-49(45)55-52(44)47)41-25-20-35(21-26-41)40-24-29-46-48-31-38-12-4-5-13-39(38)32-51(48)54-50(46)33-40/h1-33H. The van der Waals surface area contributed by atoms with Crippen LogP contribution in [0.5, 0.6) is 0 Å². The largest absolute Gasteiger partial charge is 0.310 e. The van der Waals surface area contributed by atoms with Crippen molar-refractivity contribution >= 4 is 90.9 Å². The Kier molecular flexibility index (Phi) is 7.61. The van der Waals surface area contributed by atoms with Gasteiger partial charge >= 0.3 is 0 Å². The topological polar surface area (TPSA) is 3.24 Å². The van der Waals surface area contributed by atoms with Gasteiger partial charge in [-0.25, -0.2) is 0 Å². The number of thiophene rings is 2. The Labute approximate surface area is 327 Å². The molecular formula is C52H33NS2. The first-order valence-corrected chi connectivity index (χ1v) is 20.3. The van der Waals surface area contributed by atoms with Crippen molar-refractivity contribution in [3.63, 3.8) is 0 Å². The summed E-state index contributed by atoms with van der Waals surface area (Å²) in [6, 6.07) is 73.3. The second-order valence-electron chi connectivity index (χ2n) is 14.1. The smallest absolute Gasteiger partial charge is 0.0467 e. The van der Waals surface area contributed by atoms with E-state index in [4.69, 9.17) is 0 Å². The summed E-state index contributed by atoms with van der Waals surface area (Å²) in [7, 11) is 0. The first kappa shape index (κ1) is 32.0. The van der Waals surface area contributed by atoms with Crippen LogP contribution in [0.3, 0.4) is 0 Å². The van der Waals surface area contributed by atoms with Gasteiger partial charge in [-0.3, -0.25) is 0 Å². The maximum Gasteiger partial charge on any atom is 0.0467 e. The number of hydrogen-bond donors (Lipinski definition) is 0. The average molecular weight is 736 g/mol. The Morgan fingerprint density at radius 3 is 1.69 bits per heavy atom. The van der Waals surface area contributed by atoms with Gasteiger partial charge in [0.05, 0.1) is 0 Å². The Morgan fingerprint density at radius 1 is 0.291 bits per heavy atom. The maximum absolute atomic E-state index is 2.37. The average Bonchev–Trinajstić information content (AvgIpc) is 3.81. The molecule has 0 radical (unpaired) electrons. The molecule has 3 heteroatoms. The van der Waals surface area contributed by atoms with Crippen LogP contribution in [-0.4, -0.2) is 0 Å². The fourth-order valence-electron chi connectivity index (χ4n) is 8.11. The van der Waals surface area contributed by atoms with Crippen LogP contribution in [0.4, 0.5) is 17.1 Å². The molecule has 55 heavy (non-hydrogen) atoms. The summed E-state index contributed by atoms with van der Waals surface area (Å²) in [5.74, 6) is 0. The zero-order valence-electron chi connectivity index (χ0n) is 29.8. The molecule has 9 aromatic carbocycles. The van der Waals surface area contributed by atoms with E-state index in [0.717, 1.165) is 17.1 Å². The predicted molar refractivity (Wildman–Crippen MR) is 241 cm³/mol. The van der Waals surface area contributed by atoms with Gasteiger partial charge in [0.2, 0.25) is 0 Å². The number of nitrogens with zero attached hydrogens (tertiary/aromatic N) is 1. The predicted octanol–water partition coefficient (Wildman–Crippen LogP) is 16.0. The molecule has 0 atom stereocenters. The number of hydrogen-bond acceptors (Lipinski definition) is 3. The van der Waals surface area contributed by atoms with Gasteiger partial charge in [-0.05, 0) is 105 Å². The normalized spacial score (nSPS) is 11.6.